The standard InChI is InChI=1S/C11H16N2O/c1-4-13(5-2)11-10(9(3)14)7-6-8-12-11/h6-8H,4-5H2,1-3H3. The van der Waals surface area contributed by atoms with Crippen molar-refractivity contribution in [3.63, 3.8) is 0 Å². The first-order chi connectivity index (χ1) is 6.70. The summed E-state index contributed by atoms with van der Waals surface area (Å²) in [6.07, 6.45) is 1.72. The van der Waals surface area contributed by atoms with Crippen molar-refractivity contribution in [1.82, 2.24) is 4.98 Å². The topological polar surface area (TPSA) is 33.2 Å². The molecule has 0 radical (unpaired) electrons. The van der Waals surface area contributed by atoms with Gasteiger partial charge in [0.05, 0.1) is 5.56 Å². The van der Waals surface area contributed by atoms with Crippen LogP contribution in [0.15, 0.2) is 18.3 Å². The van der Waals surface area contributed by atoms with Crippen molar-refractivity contribution in [3.05, 3.63) is 23.9 Å². The van der Waals surface area contributed by atoms with Crippen molar-refractivity contribution < 1.29 is 4.79 Å². The van der Waals surface area contributed by atoms with Gasteiger partial charge >= 0.3 is 0 Å². The van der Waals surface area contributed by atoms with Crippen LogP contribution in [0, 0.1) is 0 Å². The maximum Gasteiger partial charge on any atom is 0.163 e. The van der Waals surface area contributed by atoms with Gasteiger partial charge in [-0.15, -0.1) is 0 Å². The zero-order valence-corrected chi connectivity index (χ0v) is 8.95. The van der Waals surface area contributed by atoms with Crippen molar-refractivity contribution in [2.45, 2.75) is 20.8 Å². The first-order valence-corrected chi connectivity index (χ1v) is 4.91. The van der Waals surface area contributed by atoms with Crippen molar-refractivity contribution >= 4 is 11.6 Å². The maximum atomic E-state index is 11.3. The molecule has 0 N–H and O–H groups in total. The molecule has 0 bridgehead atoms. The van der Waals surface area contributed by atoms with Gasteiger partial charge in [-0.2, -0.15) is 0 Å². The van der Waals surface area contributed by atoms with Gasteiger partial charge in [-0.05, 0) is 32.9 Å². The Morgan fingerprint density at radius 2 is 2.07 bits per heavy atom. The van der Waals surface area contributed by atoms with Crippen LogP contribution in [0.25, 0.3) is 0 Å². The molecular formula is C11H16N2O. The van der Waals surface area contributed by atoms with Gasteiger partial charge in [-0.3, -0.25) is 4.79 Å². The monoisotopic (exact) mass is 192 g/mol. The van der Waals surface area contributed by atoms with E-state index in [0.717, 1.165) is 18.9 Å². The first-order valence-electron chi connectivity index (χ1n) is 4.91. The number of carbonyl (C=O) groups is 1. The summed E-state index contributed by atoms with van der Waals surface area (Å²) in [5, 5.41) is 0. The molecular weight excluding hydrogens is 176 g/mol. The molecule has 0 amide bonds. The van der Waals surface area contributed by atoms with E-state index >= 15 is 0 Å². The van der Waals surface area contributed by atoms with Gasteiger partial charge in [-0.25, -0.2) is 4.98 Å². The van der Waals surface area contributed by atoms with E-state index in [4.69, 9.17) is 0 Å². The molecule has 3 nitrogen and oxygen atoms in total. The van der Waals surface area contributed by atoms with Gasteiger partial charge in [0.1, 0.15) is 5.82 Å². The van der Waals surface area contributed by atoms with E-state index in [1.807, 2.05) is 6.07 Å². The molecule has 0 aliphatic rings. The summed E-state index contributed by atoms with van der Waals surface area (Å²) in [6.45, 7) is 7.43. The highest BCUT2D eigenvalue weighted by Crippen LogP contribution is 2.16. The number of aromatic nitrogens is 1. The molecule has 0 aromatic carbocycles. The average Bonchev–Trinajstić information content (AvgIpc) is 2.20. The number of hydrogen-bond acceptors (Lipinski definition) is 3. The minimum atomic E-state index is 0.0694. The molecule has 14 heavy (non-hydrogen) atoms. The highest BCUT2D eigenvalue weighted by molar-refractivity contribution is 5.98. The summed E-state index contributed by atoms with van der Waals surface area (Å²) in [7, 11) is 0. The van der Waals surface area contributed by atoms with Crippen molar-refractivity contribution in [3.8, 4) is 0 Å². The van der Waals surface area contributed by atoms with Crippen LogP contribution in [0.2, 0.25) is 0 Å². The minimum absolute atomic E-state index is 0.0694. The van der Waals surface area contributed by atoms with E-state index in [-0.39, 0.29) is 5.78 Å². The molecule has 0 aliphatic heterocycles. The predicted octanol–water partition coefficient (Wildman–Crippen LogP) is 2.13. The second-order valence-electron chi connectivity index (χ2n) is 3.10. The second-order valence-corrected chi connectivity index (χ2v) is 3.10. The average molecular weight is 192 g/mol. The molecule has 1 aromatic heterocycles. The van der Waals surface area contributed by atoms with Crippen LogP contribution in [0.4, 0.5) is 5.82 Å². The summed E-state index contributed by atoms with van der Waals surface area (Å²) in [5.41, 5.74) is 0.705. The van der Waals surface area contributed by atoms with E-state index < -0.39 is 0 Å². The second kappa shape index (κ2) is 4.74. The number of ketones is 1. The molecule has 0 saturated heterocycles. The highest BCUT2D eigenvalue weighted by atomic mass is 16.1. The van der Waals surface area contributed by atoms with Gasteiger partial charge in [0.2, 0.25) is 0 Å². The van der Waals surface area contributed by atoms with Crippen molar-refractivity contribution in [2.75, 3.05) is 18.0 Å². The third-order valence-corrected chi connectivity index (χ3v) is 2.23. The van der Waals surface area contributed by atoms with Crippen LogP contribution in [0.3, 0.4) is 0 Å². The molecule has 1 heterocycles. The number of nitrogens with zero attached hydrogens (tertiary/aromatic N) is 2. The van der Waals surface area contributed by atoms with E-state index in [0.29, 0.717) is 5.56 Å². The quantitative estimate of drug-likeness (QED) is 0.685. The normalized spacial score (nSPS) is 9.93. The number of anilines is 1. The fraction of sp³-hybridized carbons (Fsp3) is 0.455. The van der Waals surface area contributed by atoms with Crippen LogP contribution in [0.1, 0.15) is 31.1 Å². The van der Waals surface area contributed by atoms with Crippen molar-refractivity contribution in [2.24, 2.45) is 0 Å². The number of carbonyl (C=O) groups excluding carboxylic acids is 1. The Labute approximate surface area is 84.8 Å². The number of hydrogen-bond donors (Lipinski definition) is 0. The molecule has 0 fully saturated rings. The zero-order valence-electron chi connectivity index (χ0n) is 8.95. The summed E-state index contributed by atoms with van der Waals surface area (Å²) < 4.78 is 0. The largest absolute Gasteiger partial charge is 0.357 e. The number of Topliss-reactive ketones (excluding diaryl/α,β-unsaturated/α-hetero) is 1. The molecule has 76 valence electrons. The Morgan fingerprint density at radius 1 is 1.43 bits per heavy atom. The van der Waals surface area contributed by atoms with Crippen LogP contribution in [0.5, 0.6) is 0 Å². The molecule has 0 spiro atoms. The van der Waals surface area contributed by atoms with Gasteiger partial charge < -0.3 is 4.90 Å². The lowest BCUT2D eigenvalue weighted by Crippen LogP contribution is -2.24. The van der Waals surface area contributed by atoms with Crippen LogP contribution in [-0.2, 0) is 0 Å². The molecule has 0 aliphatic carbocycles. The van der Waals surface area contributed by atoms with E-state index in [9.17, 15) is 4.79 Å². The molecule has 0 atom stereocenters. The maximum absolute atomic E-state index is 11.3. The van der Waals surface area contributed by atoms with Gasteiger partial charge in [0.25, 0.3) is 0 Å². The van der Waals surface area contributed by atoms with Crippen LogP contribution in [-0.4, -0.2) is 23.9 Å². The Kier molecular flexibility index (Phi) is 3.63. The van der Waals surface area contributed by atoms with E-state index in [1.54, 1.807) is 19.2 Å². The summed E-state index contributed by atoms with van der Waals surface area (Å²) in [6, 6.07) is 3.62. The first kappa shape index (κ1) is 10.7. The van der Waals surface area contributed by atoms with Crippen LogP contribution >= 0.6 is 0 Å². The Morgan fingerprint density at radius 3 is 2.57 bits per heavy atom. The lowest BCUT2D eigenvalue weighted by atomic mass is 10.2. The SMILES string of the molecule is CCN(CC)c1ncccc1C(C)=O. The van der Waals surface area contributed by atoms with Crippen LogP contribution < -0.4 is 4.90 Å². The molecule has 1 aromatic rings. The van der Waals surface area contributed by atoms with E-state index in [2.05, 4.69) is 23.7 Å². The lowest BCUT2D eigenvalue weighted by molar-refractivity contribution is 0.101. The molecule has 0 unspecified atom stereocenters. The number of rotatable bonds is 4. The zero-order chi connectivity index (χ0) is 10.6. The number of pyridine rings is 1. The fourth-order valence-corrected chi connectivity index (χ4v) is 1.45. The Hall–Kier alpha value is -1.38. The lowest BCUT2D eigenvalue weighted by Gasteiger charge is -2.21. The molecule has 3 heteroatoms. The third-order valence-electron chi connectivity index (χ3n) is 2.23. The predicted molar refractivity (Wildman–Crippen MR) is 57.8 cm³/mol. The van der Waals surface area contributed by atoms with Crippen molar-refractivity contribution in [1.29, 1.82) is 0 Å². The molecule has 1 rings (SSSR count). The summed E-state index contributed by atoms with van der Waals surface area (Å²) in [4.78, 5) is 17.7. The third kappa shape index (κ3) is 2.10. The van der Waals surface area contributed by atoms with Gasteiger partial charge in [0, 0.05) is 19.3 Å². The van der Waals surface area contributed by atoms with Gasteiger partial charge in [0.15, 0.2) is 5.78 Å². The Bertz CT molecular complexity index is 319. The molecule has 0 saturated carbocycles. The minimum Gasteiger partial charge on any atom is -0.357 e. The summed E-state index contributed by atoms with van der Waals surface area (Å²) in [5.74, 6) is 0.866. The van der Waals surface area contributed by atoms with Gasteiger partial charge in [-0.1, -0.05) is 0 Å². The summed E-state index contributed by atoms with van der Waals surface area (Å²) >= 11 is 0. The van der Waals surface area contributed by atoms with E-state index in [1.165, 1.54) is 0 Å². The smallest absolute Gasteiger partial charge is 0.163 e. The highest BCUT2D eigenvalue weighted by Gasteiger charge is 2.11. The fourth-order valence-electron chi connectivity index (χ4n) is 1.45. The Balaban J connectivity index is 3.11.